The van der Waals surface area contributed by atoms with Gasteiger partial charge in [0.25, 0.3) is 0 Å². The average Bonchev–Trinajstić information content (AvgIpc) is 1.83. The Morgan fingerprint density at radius 2 is 1.62 bits per heavy atom. The molecule has 0 unspecified atom stereocenters. The van der Waals surface area contributed by atoms with Crippen LogP contribution in [0.3, 0.4) is 0 Å². The van der Waals surface area contributed by atoms with Gasteiger partial charge in [0.15, 0.2) is 0 Å². The van der Waals surface area contributed by atoms with Crippen molar-refractivity contribution in [3.05, 3.63) is 0 Å². The molecular weight excluding hydrogens is 198 g/mol. The minimum absolute atomic E-state index is 0.329. The minimum atomic E-state index is -1.02. The van der Waals surface area contributed by atoms with Crippen LogP contribution in [0.1, 0.15) is 20.8 Å². The van der Waals surface area contributed by atoms with Crippen LogP contribution in [0.5, 0.6) is 0 Å². The predicted octanol–water partition coefficient (Wildman–Crippen LogP) is 0.367. The van der Waals surface area contributed by atoms with E-state index in [2.05, 4.69) is 16.9 Å². The van der Waals surface area contributed by atoms with Crippen molar-refractivity contribution >= 4 is 28.7 Å². The van der Waals surface area contributed by atoms with Gasteiger partial charge in [0.2, 0.25) is 11.1 Å². The Morgan fingerprint density at radius 3 is 1.69 bits per heavy atom. The van der Waals surface area contributed by atoms with Gasteiger partial charge in [0, 0.05) is 13.8 Å². The van der Waals surface area contributed by atoms with Crippen LogP contribution in [0, 0.1) is 0 Å². The number of rotatable bonds is 2. The second kappa shape index (κ2) is 7.54. The van der Waals surface area contributed by atoms with Gasteiger partial charge in [-0.25, -0.2) is 0 Å². The number of nitrogens with one attached hydrogen (secondary N) is 1. The van der Waals surface area contributed by atoms with E-state index in [0.29, 0.717) is 0 Å². The Hall–Kier alpha value is -1.10. The predicted molar refractivity (Wildman–Crippen MR) is 47.4 cm³/mol. The largest absolute Gasteiger partial charge is 0.480 e. The molecule has 0 aromatic carbocycles. The number of carbonyl (C=O) groups is 3. The van der Waals surface area contributed by atoms with Crippen molar-refractivity contribution in [1.29, 1.82) is 0 Å². The number of amides is 1. The number of hydrogen-bond acceptors (Lipinski definition) is 3. The average molecular weight is 210 g/mol. The van der Waals surface area contributed by atoms with Gasteiger partial charge >= 0.3 is 5.97 Å². The third-order valence-corrected chi connectivity index (χ3v) is 0.790. The van der Waals surface area contributed by atoms with E-state index in [-0.39, 0.29) is 11.1 Å². The van der Waals surface area contributed by atoms with Crippen LogP contribution >= 0.6 is 11.6 Å². The summed E-state index contributed by atoms with van der Waals surface area (Å²) in [5, 5.41) is 10.1. The Balaban J connectivity index is 0. The van der Waals surface area contributed by atoms with Crippen molar-refractivity contribution in [1.82, 2.24) is 5.32 Å². The summed E-state index contributed by atoms with van der Waals surface area (Å²) in [6.07, 6.45) is 0. The van der Waals surface area contributed by atoms with E-state index in [9.17, 15) is 14.4 Å². The molecule has 5 nitrogen and oxygen atoms in total. The maximum Gasteiger partial charge on any atom is 0.325 e. The fourth-order valence-corrected chi connectivity index (χ4v) is 0.367. The standard InChI is InChI=1S/C5H9NO3.C2H3ClO/c1-3(5(8)9)6-4(2)7;1-2(3)4/h3H,1-2H3,(H,6,7)(H,8,9);1H3/t3-;/m0./s1. The van der Waals surface area contributed by atoms with Crippen LogP contribution in [-0.4, -0.2) is 28.3 Å². The van der Waals surface area contributed by atoms with E-state index in [1.165, 1.54) is 20.8 Å². The van der Waals surface area contributed by atoms with Crippen molar-refractivity contribution in [2.24, 2.45) is 0 Å². The first-order valence-corrected chi connectivity index (χ1v) is 3.81. The molecule has 0 fully saturated rings. The molecule has 13 heavy (non-hydrogen) atoms. The van der Waals surface area contributed by atoms with E-state index in [1.54, 1.807) is 0 Å². The summed E-state index contributed by atoms with van der Waals surface area (Å²) < 4.78 is 0. The smallest absolute Gasteiger partial charge is 0.325 e. The third kappa shape index (κ3) is 18.1. The van der Waals surface area contributed by atoms with Crippen LogP contribution in [0.25, 0.3) is 0 Å². The summed E-state index contributed by atoms with van der Waals surface area (Å²) in [6.45, 7) is 3.98. The molecule has 0 heterocycles. The summed E-state index contributed by atoms with van der Waals surface area (Å²) in [7, 11) is 0. The summed E-state index contributed by atoms with van der Waals surface area (Å²) in [5.74, 6) is -1.35. The molecule has 0 aliphatic heterocycles. The lowest BCUT2D eigenvalue weighted by Gasteiger charge is -2.04. The molecule has 0 saturated heterocycles. The van der Waals surface area contributed by atoms with Crippen molar-refractivity contribution in [3.63, 3.8) is 0 Å². The van der Waals surface area contributed by atoms with Gasteiger partial charge in [-0.3, -0.25) is 14.4 Å². The Labute approximate surface area is 81.1 Å². The van der Waals surface area contributed by atoms with Crippen molar-refractivity contribution in [3.8, 4) is 0 Å². The molecule has 0 aliphatic rings. The van der Waals surface area contributed by atoms with Crippen LogP contribution < -0.4 is 5.32 Å². The quantitative estimate of drug-likeness (QED) is 0.644. The SMILES string of the molecule is CC(=O)Cl.CC(=O)N[C@@H](C)C(=O)O. The third-order valence-electron chi connectivity index (χ3n) is 0.790. The molecule has 0 radical (unpaired) electrons. The molecule has 0 rings (SSSR count). The molecule has 0 saturated carbocycles. The molecule has 0 aromatic rings. The maximum absolute atomic E-state index is 10.2. The lowest BCUT2D eigenvalue weighted by Crippen LogP contribution is -2.36. The highest BCUT2D eigenvalue weighted by Gasteiger charge is 2.09. The monoisotopic (exact) mass is 209 g/mol. The number of carboxylic acids is 1. The molecule has 0 aliphatic carbocycles. The van der Waals surface area contributed by atoms with E-state index in [0.717, 1.165) is 0 Å². The molecule has 1 atom stereocenters. The Morgan fingerprint density at radius 1 is 1.31 bits per heavy atom. The van der Waals surface area contributed by atoms with Crippen LogP contribution in [0.2, 0.25) is 0 Å². The fraction of sp³-hybridized carbons (Fsp3) is 0.571. The normalized spacial score (nSPS) is 10.5. The Kier molecular flexibility index (Phi) is 8.37. The molecule has 1 amide bonds. The number of hydrogen-bond donors (Lipinski definition) is 2. The summed E-state index contributed by atoms with van der Waals surface area (Å²) in [4.78, 5) is 29.4. The van der Waals surface area contributed by atoms with Crippen LogP contribution in [0.15, 0.2) is 0 Å². The number of carboxylic acid groups (broad SMARTS) is 1. The zero-order chi connectivity index (χ0) is 11.0. The highest BCUT2D eigenvalue weighted by molar-refractivity contribution is 6.62. The van der Waals surface area contributed by atoms with Crippen molar-refractivity contribution < 1.29 is 19.5 Å². The van der Waals surface area contributed by atoms with Gasteiger partial charge in [0.1, 0.15) is 6.04 Å². The molecule has 0 aromatic heterocycles. The first-order chi connectivity index (χ1) is 5.77. The highest BCUT2D eigenvalue weighted by atomic mass is 35.5. The van der Waals surface area contributed by atoms with E-state index in [1.807, 2.05) is 0 Å². The second-order valence-electron chi connectivity index (χ2n) is 2.23. The minimum Gasteiger partial charge on any atom is -0.480 e. The van der Waals surface area contributed by atoms with Crippen LogP contribution in [-0.2, 0) is 14.4 Å². The first-order valence-electron chi connectivity index (χ1n) is 3.43. The molecule has 2 N–H and O–H groups in total. The molecule has 76 valence electrons. The van der Waals surface area contributed by atoms with Gasteiger partial charge in [-0.05, 0) is 18.5 Å². The molecule has 0 spiro atoms. The van der Waals surface area contributed by atoms with Gasteiger partial charge in [0.05, 0.1) is 0 Å². The molecule has 0 bridgehead atoms. The van der Waals surface area contributed by atoms with Crippen molar-refractivity contribution in [2.75, 3.05) is 0 Å². The van der Waals surface area contributed by atoms with E-state index >= 15 is 0 Å². The Bertz CT molecular complexity index is 201. The molecular formula is C7H12ClNO4. The highest BCUT2D eigenvalue weighted by Crippen LogP contribution is 1.78. The number of halogens is 1. The van der Waals surface area contributed by atoms with E-state index in [4.69, 9.17) is 5.11 Å². The summed E-state index contributed by atoms with van der Waals surface area (Å²) in [6, 6.07) is -0.789. The zero-order valence-electron chi connectivity index (χ0n) is 7.63. The van der Waals surface area contributed by atoms with Gasteiger partial charge in [-0.15, -0.1) is 0 Å². The van der Waals surface area contributed by atoms with Gasteiger partial charge < -0.3 is 10.4 Å². The number of aliphatic carboxylic acids is 1. The first kappa shape index (κ1) is 14.4. The fourth-order valence-electron chi connectivity index (χ4n) is 0.367. The lowest BCUT2D eigenvalue weighted by atomic mass is 10.3. The van der Waals surface area contributed by atoms with Crippen LogP contribution in [0.4, 0.5) is 0 Å². The topological polar surface area (TPSA) is 83.5 Å². The maximum atomic E-state index is 10.2. The van der Waals surface area contributed by atoms with Gasteiger partial charge in [-0.2, -0.15) is 0 Å². The lowest BCUT2D eigenvalue weighted by molar-refractivity contribution is -0.141. The second-order valence-corrected chi connectivity index (χ2v) is 2.76. The van der Waals surface area contributed by atoms with Crippen molar-refractivity contribution in [2.45, 2.75) is 26.8 Å². The van der Waals surface area contributed by atoms with Gasteiger partial charge in [-0.1, -0.05) is 0 Å². The van der Waals surface area contributed by atoms with E-state index < -0.39 is 12.0 Å². The summed E-state index contributed by atoms with van der Waals surface area (Å²) >= 11 is 4.64. The number of carbonyl (C=O) groups excluding carboxylic acids is 2. The summed E-state index contributed by atoms with van der Waals surface area (Å²) in [5.41, 5.74) is 0. The molecule has 6 heteroatoms. The zero-order valence-corrected chi connectivity index (χ0v) is 8.38.